The van der Waals surface area contributed by atoms with Crippen LogP contribution >= 0.6 is 0 Å². The summed E-state index contributed by atoms with van der Waals surface area (Å²) in [6.45, 7) is 0. The third kappa shape index (κ3) is 3.95. The highest BCUT2D eigenvalue weighted by atomic mass is 16.1. The van der Waals surface area contributed by atoms with E-state index in [4.69, 9.17) is 10.5 Å². The first kappa shape index (κ1) is 17.0. The van der Waals surface area contributed by atoms with Crippen molar-refractivity contribution in [2.75, 3.05) is 5.32 Å². The number of carbonyl (C=O) groups excluding carboxylic acids is 1. The van der Waals surface area contributed by atoms with E-state index in [9.17, 15) is 4.79 Å². The van der Waals surface area contributed by atoms with Gasteiger partial charge in [-0.3, -0.25) is 4.79 Å². The van der Waals surface area contributed by atoms with E-state index >= 15 is 0 Å². The van der Waals surface area contributed by atoms with Crippen molar-refractivity contribution < 1.29 is 4.79 Å². The molecule has 0 aliphatic carbocycles. The van der Waals surface area contributed by atoms with Crippen LogP contribution in [0.3, 0.4) is 0 Å². The van der Waals surface area contributed by atoms with E-state index in [1.54, 1.807) is 36.4 Å². The van der Waals surface area contributed by atoms with Crippen molar-refractivity contribution in [1.29, 1.82) is 10.5 Å². The van der Waals surface area contributed by atoms with Gasteiger partial charge in [0.1, 0.15) is 0 Å². The van der Waals surface area contributed by atoms with Crippen molar-refractivity contribution in [2.45, 2.75) is 6.42 Å². The highest BCUT2D eigenvalue weighted by molar-refractivity contribution is 5.93. The van der Waals surface area contributed by atoms with Crippen LogP contribution in [0.2, 0.25) is 0 Å². The molecule has 26 heavy (non-hydrogen) atoms. The zero-order valence-electron chi connectivity index (χ0n) is 13.9. The van der Waals surface area contributed by atoms with Crippen molar-refractivity contribution in [3.63, 3.8) is 0 Å². The molecule has 3 aromatic carbocycles. The summed E-state index contributed by atoms with van der Waals surface area (Å²) in [5.74, 6) is -0.152. The lowest BCUT2D eigenvalue weighted by molar-refractivity contribution is -0.115. The molecule has 124 valence electrons. The molecule has 0 fully saturated rings. The third-order valence-corrected chi connectivity index (χ3v) is 3.97. The van der Waals surface area contributed by atoms with Crippen LogP contribution in [-0.2, 0) is 11.2 Å². The number of benzene rings is 3. The normalized spacial score (nSPS) is 9.77. The lowest BCUT2D eigenvalue weighted by atomic mass is 9.97. The Bertz CT molecular complexity index is 1020. The average molecular weight is 337 g/mol. The van der Waals surface area contributed by atoms with Gasteiger partial charge in [0.2, 0.25) is 5.91 Å². The predicted molar refractivity (Wildman–Crippen MR) is 100 cm³/mol. The van der Waals surface area contributed by atoms with Gasteiger partial charge in [-0.2, -0.15) is 10.5 Å². The molecule has 1 N–H and O–H groups in total. The number of anilines is 1. The summed E-state index contributed by atoms with van der Waals surface area (Å²) in [6.07, 6.45) is 0.215. The molecular weight excluding hydrogens is 322 g/mol. The van der Waals surface area contributed by atoms with E-state index < -0.39 is 0 Å². The maximum atomic E-state index is 12.4. The lowest BCUT2D eigenvalue weighted by Crippen LogP contribution is -2.15. The molecule has 4 heteroatoms. The summed E-state index contributed by atoms with van der Waals surface area (Å²) in [5, 5.41) is 20.7. The van der Waals surface area contributed by atoms with Crippen LogP contribution in [0.4, 0.5) is 5.69 Å². The standard InChI is InChI=1S/C22H15N3O/c23-14-16-8-10-18(11-9-16)21-7-2-1-5-19(21)13-22(26)25-20-6-3-4-17(12-20)15-24/h1-12H,13H2,(H,25,26). The molecule has 1 amide bonds. The van der Waals surface area contributed by atoms with Gasteiger partial charge in [0, 0.05) is 5.69 Å². The molecule has 0 aromatic heterocycles. The SMILES string of the molecule is N#Cc1ccc(-c2ccccc2CC(=O)Nc2cccc(C#N)c2)cc1. The van der Waals surface area contributed by atoms with Crippen LogP contribution in [-0.4, -0.2) is 5.91 Å². The zero-order valence-corrected chi connectivity index (χ0v) is 13.9. The Hall–Kier alpha value is -3.89. The minimum Gasteiger partial charge on any atom is -0.326 e. The number of hydrogen-bond acceptors (Lipinski definition) is 3. The van der Waals surface area contributed by atoms with Gasteiger partial charge in [-0.25, -0.2) is 0 Å². The molecule has 0 aliphatic rings. The van der Waals surface area contributed by atoms with Crippen molar-refractivity contribution in [3.8, 4) is 23.3 Å². The minimum absolute atomic E-state index is 0.152. The molecule has 0 heterocycles. The quantitative estimate of drug-likeness (QED) is 0.772. The summed E-state index contributed by atoms with van der Waals surface area (Å²) in [4.78, 5) is 12.4. The number of nitrogens with zero attached hydrogens (tertiary/aromatic N) is 2. The number of amides is 1. The van der Waals surface area contributed by atoms with E-state index in [1.165, 1.54) is 0 Å². The first-order valence-corrected chi connectivity index (χ1v) is 8.08. The van der Waals surface area contributed by atoms with Crippen LogP contribution in [0.1, 0.15) is 16.7 Å². The maximum Gasteiger partial charge on any atom is 0.228 e. The number of carbonyl (C=O) groups is 1. The Labute approximate surface area is 152 Å². The Kier molecular flexibility index (Phi) is 5.08. The van der Waals surface area contributed by atoms with E-state index in [1.807, 2.05) is 36.4 Å². The van der Waals surface area contributed by atoms with E-state index in [2.05, 4.69) is 17.5 Å². The number of hydrogen-bond donors (Lipinski definition) is 1. The van der Waals surface area contributed by atoms with Gasteiger partial charge < -0.3 is 5.32 Å². The largest absolute Gasteiger partial charge is 0.326 e. The van der Waals surface area contributed by atoms with Crippen LogP contribution in [0.5, 0.6) is 0 Å². The first-order chi connectivity index (χ1) is 12.7. The van der Waals surface area contributed by atoms with Crippen molar-refractivity contribution in [2.24, 2.45) is 0 Å². The summed E-state index contributed by atoms with van der Waals surface area (Å²) in [6, 6.07) is 26.0. The second kappa shape index (κ2) is 7.79. The van der Waals surface area contributed by atoms with Crippen molar-refractivity contribution in [3.05, 3.63) is 89.5 Å². The summed E-state index contributed by atoms with van der Waals surface area (Å²) >= 11 is 0. The fourth-order valence-electron chi connectivity index (χ4n) is 2.73. The van der Waals surface area contributed by atoms with E-state index in [0.717, 1.165) is 16.7 Å². The third-order valence-electron chi connectivity index (χ3n) is 3.97. The van der Waals surface area contributed by atoms with Gasteiger partial charge in [-0.1, -0.05) is 42.5 Å². The van der Waals surface area contributed by atoms with Gasteiger partial charge in [0.05, 0.1) is 29.7 Å². The summed E-state index contributed by atoms with van der Waals surface area (Å²) in [7, 11) is 0. The molecule has 0 aliphatic heterocycles. The fourth-order valence-corrected chi connectivity index (χ4v) is 2.73. The predicted octanol–water partition coefficient (Wildman–Crippen LogP) is 4.28. The van der Waals surface area contributed by atoms with Crippen LogP contribution in [0.25, 0.3) is 11.1 Å². The van der Waals surface area contributed by atoms with Gasteiger partial charge in [0.15, 0.2) is 0 Å². The average Bonchev–Trinajstić information content (AvgIpc) is 2.68. The topological polar surface area (TPSA) is 76.7 Å². The number of nitriles is 2. The highest BCUT2D eigenvalue weighted by Gasteiger charge is 2.10. The Morgan fingerprint density at radius 3 is 2.31 bits per heavy atom. The monoisotopic (exact) mass is 337 g/mol. The van der Waals surface area contributed by atoms with Gasteiger partial charge >= 0.3 is 0 Å². The first-order valence-electron chi connectivity index (χ1n) is 8.08. The molecule has 3 rings (SSSR count). The van der Waals surface area contributed by atoms with Crippen LogP contribution < -0.4 is 5.32 Å². The Morgan fingerprint density at radius 1 is 0.846 bits per heavy atom. The van der Waals surface area contributed by atoms with Gasteiger partial charge in [0.25, 0.3) is 0 Å². The van der Waals surface area contributed by atoms with Crippen LogP contribution in [0.15, 0.2) is 72.8 Å². The molecule has 0 saturated heterocycles. The maximum absolute atomic E-state index is 12.4. The zero-order chi connectivity index (χ0) is 18.4. The molecule has 0 unspecified atom stereocenters. The Balaban J connectivity index is 1.80. The second-order valence-electron chi connectivity index (χ2n) is 5.76. The highest BCUT2D eigenvalue weighted by Crippen LogP contribution is 2.25. The molecule has 3 aromatic rings. The smallest absolute Gasteiger partial charge is 0.228 e. The van der Waals surface area contributed by atoms with E-state index in [-0.39, 0.29) is 12.3 Å². The summed E-state index contributed by atoms with van der Waals surface area (Å²) < 4.78 is 0. The van der Waals surface area contributed by atoms with Crippen LogP contribution in [0, 0.1) is 22.7 Å². The molecule has 0 radical (unpaired) electrons. The minimum atomic E-state index is -0.152. The molecular formula is C22H15N3O. The molecule has 0 atom stereocenters. The second-order valence-corrected chi connectivity index (χ2v) is 5.76. The number of rotatable bonds is 4. The lowest BCUT2D eigenvalue weighted by Gasteiger charge is -2.10. The molecule has 0 bridgehead atoms. The number of nitrogens with one attached hydrogen (secondary N) is 1. The van der Waals surface area contributed by atoms with Crippen molar-refractivity contribution >= 4 is 11.6 Å². The summed E-state index contributed by atoms with van der Waals surface area (Å²) in [5.41, 5.74) is 4.51. The van der Waals surface area contributed by atoms with E-state index in [0.29, 0.717) is 16.8 Å². The van der Waals surface area contributed by atoms with Crippen molar-refractivity contribution in [1.82, 2.24) is 0 Å². The molecule has 0 saturated carbocycles. The van der Waals surface area contributed by atoms with Gasteiger partial charge in [-0.15, -0.1) is 0 Å². The molecule has 0 spiro atoms. The molecule has 4 nitrogen and oxygen atoms in total. The Morgan fingerprint density at radius 2 is 1.58 bits per heavy atom. The van der Waals surface area contributed by atoms with Gasteiger partial charge in [-0.05, 0) is 47.0 Å². The fraction of sp³-hybridized carbons (Fsp3) is 0.0455.